The summed E-state index contributed by atoms with van der Waals surface area (Å²) in [5, 5.41) is 4.49. The van der Waals surface area contributed by atoms with Gasteiger partial charge in [0.05, 0.1) is 0 Å². The van der Waals surface area contributed by atoms with Crippen LogP contribution in [0, 0.1) is 11.6 Å². The highest BCUT2D eigenvalue weighted by Crippen LogP contribution is 2.29. The van der Waals surface area contributed by atoms with Gasteiger partial charge >= 0.3 is 0 Å². The zero-order valence-corrected chi connectivity index (χ0v) is 10.4. The minimum atomic E-state index is -0.728. The summed E-state index contributed by atoms with van der Waals surface area (Å²) in [6.45, 7) is 0. The summed E-state index contributed by atoms with van der Waals surface area (Å²) in [5.74, 6) is -1.46. The number of nitrogens with two attached hydrogens (primary N) is 1. The Balaban J connectivity index is 2.10. The van der Waals surface area contributed by atoms with Crippen molar-refractivity contribution in [2.45, 2.75) is 0 Å². The monoisotopic (exact) mass is 271 g/mol. The first-order valence-electron chi connectivity index (χ1n) is 5.99. The van der Waals surface area contributed by atoms with Crippen molar-refractivity contribution in [1.82, 2.24) is 4.98 Å². The molecule has 0 saturated carbocycles. The molecule has 1 heterocycles. The topological polar surface area (TPSA) is 50.9 Å². The summed E-state index contributed by atoms with van der Waals surface area (Å²) in [4.78, 5) is 4.02. The smallest absolute Gasteiger partial charge is 0.151 e. The zero-order chi connectivity index (χ0) is 14.1. The number of rotatable bonds is 2. The van der Waals surface area contributed by atoms with Gasteiger partial charge in [0, 0.05) is 34.5 Å². The van der Waals surface area contributed by atoms with Crippen molar-refractivity contribution in [2.75, 3.05) is 11.1 Å². The minimum Gasteiger partial charge on any atom is -0.399 e. The van der Waals surface area contributed by atoms with Crippen molar-refractivity contribution in [3.8, 4) is 0 Å². The van der Waals surface area contributed by atoms with Crippen LogP contribution in [0.5, 0.6) is 0 Å². The number of anilines is 3. The van der Waals surface area contributed by atoms with E-state index in [4.69, 9.17) is 5.73 Å². The fourth-order valence-electron chi connectivity index (χ4n) is 2.08. The third-order valence-electron chi connectivity index (χ3n) is 3.00. The Labute approximate surface area is 114 Å². The third-order valence-corrected chi connectivity index (χ3v) is 3.00. The van der Waals surface area contributed by atoms with Crippen molar-refractivity contribution in [3.05, 3.63) is 60.4 Å². The molecule has 0 aliphatic rings. The van der Waals surface area contributed by atoms with Gasteiger partial charge in [-0.25, -0.2) is 8.78 Å². The molecular weight excluding hydrogens is 260 g/mol. The highest BCUT2D eigenvalue weighted by molar-refractivity contribution is 5.94. The Morgan fingerprint density at radius 2 is 1.80 bits per heavy atom. The van der Waals surface area contributed by atoms with E-state index in [0.717, 1.165) is 22.9 Å². The lowest BCUT2D eigenvalue weighted by molar-refractivity contribution is 0.592. The van der Waals surface area contributed by atoms with Crippen LogP contribution in [0.3, 0.4) is 0 Å². The van der Waals surface area contributed by atoms with Gasteiger partial charge in [-0.05, 0) is 24.3 Å². The maximum Gasteiger partial charge on any atom is 0.151 e. The normalized spacial score (nSPS) is 10.7. The lowest BCUT2D eigenvalue weighted by Gasteiger charge is -2.11. The van der Waals surface area contributed by atoms with E-state index in [2.05, 4.69) is 10.3 Å². The third kappa shape index (κ3) is 2.14. The Morgan fingerprint density at radius 1 is 1.05 bits per heavy atom. The highest BCUT2D eigenvalue weighted by atomic mass is 19.1. The standard InChI is InChI=1S/C15H11F2N3/c16-12-6-10(18)7-13(17)15(12)20-14-3-1-2-9-8-19-5-4-11(9)14/h1-8,20H,18H2. The molecule has 2 aromatic carbocycles. The fourth-order valence-corrected chi connectivity index (χ4v) is 2.08. The molecular formula is C15H11F2N3. The molecule has 0 aliphatic carbocycles. The first-order valence-corrected chi connectivity index (χ1v) is 5.99. The molecule has 0 saturated heterocycles. The number of nitrogens with zero attached hydrogens (tertiary/aromatic N) is 1. The van der Waals surface area contributed by atoms with Gasteiger partial charge in [0.25, 0.3) is 0 Å². The van der Waals surface area contributed by atoms with E-state index in [0.29, 0.717) is 5.69 Å². The van der Waals surface area contributed by atoms with Gasteiger partial charge < -0.3 is 11.1 Å². The van der Waals surface area contributed by atoms with Crippen LogP contribution in [0.15, 0.2) is 48.8 Å². The Hall–Kier alpha value is -2.69. The molecule has 3 aromatic rings. The zero-order valence-electron chi connectivity index (χ0n) is 10.4. The summed E-state index contributed by atoms with van der Waals surface area (Å²) < 4.78 is 27.6. The van der Waals surface area contributed by atoms with Crippen LogP contribution >= 0.6 is 0 Å². The quantitative estimate of drug-likeness (QED) is 0.696. The van der Waals surface area contributed by atoms with Gasteiger partial charge in [0.1, 0.15) is 5.69 Å². The molecule has 0 aliphatic heterocycles. The van der Waals surface area contributed by atoms with Crippen LogP contribution in [0.4, 0.5) is 25.8 Å². The fraction of sp³-hybridized carbons (Fsp3) is 0. The van der Waals surface area contributed by atoms with Gasteiger partial charge in [-0.2, -0.15) is 0 Å². The summed E-state index contributed by atoms with van der Waals surface area (Å²) in [6.07, 6.45) is 3.32. The average Bonchev–Trinajstić information content (AvgIpc) is 2.43. The number of benzene rings is 2. The molecule has 0 fully saturated rings. The summed E-state index contributed by atoms with van der Waals surface area (Å²) in [7, 11) is 0. The molecule has 3 N–H and O–H groups in total. The van der Waals surface area contributed by atoms with Crippen LogP contribution in [0.1, 0.15) is 0 Å². The van der Waals surface area contributed by atoms with Crippen molar-refractivity contribution in [2.24, 2.45) is 0 Å². The van der Waals surface area contributed by atoms with Crippen molar-refractivity contribution in [1.29, 1.82) is 0 Å². The van der Waals surface area contributed by atoms with Gasteiger partial charge in [-0.15, -0.1) is 0 Å². The SMILES string of the molecule is Nc1cc(F)c(Nc2cccc3cnccc23)c(F)c1. The molecule has 5 heteroatoms. The molecule has 0 radical (unpaired) electrons. The molecule has 3 rings (SSSR count). The van der Waals surface area contributed by atoms with E-state index in [1.165, 1.54) is 0 Å². The molecule has 1 aromatic heterocycles. The van der Waals surface area contributed by atoms with Crippen molar-refractivity contribution >= 4 is 27.8 Å². The van der Waals surface area contributed by atoms with Crippen LogP contribution in [-0.4, -0.2) is 4.98 Å². The predicted octanol–water partition coefficient (Wildman–Crippen LogP) is 3.84. The van der Waals surface area contributed by atoms with E-state index in [1.807, 2.05) is 6.07 Å². The molecule has 0 unspecified atom stereocenters. The van der Waals surface area contributed by atoms with E-state index < -0.39 is 11.6 Å². The van der Waals surface area contributed by atoms with Crippen molar-refractivity contribution < 1.29 is 8.78 Å². The lowest BCUT2D eigenvalue weighted by Crippen LogP contribution is -2.00. The first kappa shape index (κ1) is 12.3. The largest absolute Gasteiger partial charge is 0.399 e. The molecule has 0 bridgehead atoms. The predicted molar refractivity (Wildman–Crippen MR) is 75.8 cm³/mol. The van der Waals surface area contributed by atoms with E-state index in [-0.39, 0.29) is 11.4 Å². The maximum absolute atomic E-state index is 13.8. The molecule has 0 amide bonds. The number of fused-ring (bicyclic) bond motifs is 1. The number of hydrogen-bond acceptors (Lipinski definition) is 3. The molecule has 100 valence electrons. The second-order valence-electron chi connectivity index (χ2n) is 4.39. The van der Waals surface area contributed by atoms with Gasteiger partial charge in [0.2, 0.25) is 0 Å². The van der Waals surface area contributed by atoms with Crippen molar-refractivity contribution in [3.63, 3.8) is 0 Å². The lowest BCUT2D eigenvalue weighted by atomic mass is 10.1. The molecule has 0 atom stereocenters. The Bertz CT molecular complexity index is 759. The highest BCUT2D eigenvalue weighted by Gasteiger charge is 2.11. The molecule has 20 heavy (non-hydrogen) atoms. The van der Waals surface area contributed by atoms with Gasteiger partial charge in [0.15, 0.2) is 11.6 Å². The number of halogens is 2. The Kier molecular flexibility index (Phi) is 2.95. The summed E-state index contributed by atoms with van der Waals surface area (Å²) in [5.41, 5.74) is 5.83. The van der Waals surface area contributed by atoms with Gasteiger partial charge in [-0.1, -0.05) is 12.1 Å². The van der Waals surface area contributed by atoms with Crippen LogP contribution < -0.4 is 11.1 Å². The van der Waals surface area contributed by atoms with Crippen LogP contribution in [0.25, 0.3) is 10.8 Å². The number of aromatic nitrogens is 1. The first-order chi connectivity index (χ1) is 9.65. The second-order valence-corrected chi connectivity index (χ2v) is 4.39. The number of nitrogens with one attached hydrogen (secondary N) is 1. The minimum absolute atomic E-state index is 0.0488. The maximum atomic E-state index is 13.8. The van der Waals surface area contributed by atoms with E-state index in [1.54, 1.807) is 30.6 Å². The number of hydrogen-bond donors (Lipinski definition) is 2. The molecule has 0 spiro atoms. The van der Waals surface area contributed by atoms with E-state index >= 15 is 0 Å². The molecule has 3 nitrogen and oxygen atoms in total. The van der Waals surface area contributed by atoms with Crippen LogP contribution in [-0.2, 0) is 0 Å². The number of nitrogen functional groups attached to an aromatic ring is 1. The average molecular weight is 271 g/mol. The summed E-state index contributed by atoms with van der Waals surface area (Å²) in [6, 6.07) is 9.36. The van der Waals surface area contributed by atoms with E-state index in [9.17, 15) is 8.78 Å². The number of pyridine rings is 1. The Morgan fingerprint density at radius 3 is 2.55 bits per heavy atom. The summed E-state index contributed by atoms with van der Waals surface area (Å²) >= 11 is 0. The van der Waals surface area contributed by atoms with Crippen LogP contribution in [0.2, 0.25) is 0 Å². The second kappa shape index (κ2) is 4.77. The van der Waals surface area contributed by atoms with Gasteiger partial charge in [-0.3, -0.25) is 4.98 Å².